The Labute approximate surface area is 163 Å². The molecule has 3 aromatic heterocycles. The topological polar surface area (TPSA) is 91.3 Å². The van der Waals surface area contributed by atoms with Gasteiger partial charge in [0.2, 0.25) is 17.6 Å². The van der Waals surface area contributed by atoms with E-state index in [0.29, 0.717) is 30.8 Å². The number of aromatic nitrogens is 5. The van der Waals surface area contributed by atoms with Crippen LogP contribution < -0.4 is 4.74 Å². The summed E-state index contributed by atoms with van der Waals surface area (Å²) in [6, 6.07) is 5.63. The first-order valence-electron chi connectivity index (χ1n) is 9.29. The lowest BCUT2D eigenvalue weighted by Gasteiger charge is -2.15. The first-order chi connectivity index (χ1) is 13.6. The van der Waals surface area contributed by atoms with Gasteiger partial charge in [-0.1, -0.05) is 5.16 Å². The molecule has 28 heavy (non-hydrogen) atoms. The summed E-state index contributed by atoms with van der Waals surface area (Å²) in [6.45, 7) is 2.03. The Balaban J connectivity index is 1.51. The molecule has 0 radical (unpaired) electrons. The molecule has 1 aliphatic heterocycles. The van der Waals surface area contributed by atoms with Gasteiger partial charge in [-0.15, -0.1) is 0 Å². The lowest BCUT2D eigenvalue weighted by Crippen LogP contribution is -2.19. The smallest absolute Gasteiger partial charge is 0.233 e. The molecule has 3 aromatic rings. The largest absolute Gasteiger partial charge is 0.476 e. The first-order valence-corrected chi connectivity index (χ1v) is 9.29. The molecule has 9 nitrogen and oxygen atoms in total. The van der Waals surface area contributed by atoms with Crippen molar-refractivity contribution < 1.29 is 14.0 Å². The van der Waals surface area contributed by atoms with E-state index >= 15 is 0 Å². The maximum absolute atomic E-state index is 5.92. The van der Waals surface area contributed by atoms with Crippen LogP contribution in [0.1, 0.15) is 30.0 Å². The molecule has 0 spiro atoms. The number of nitrogens with zero attached hydrogens (tertiary/aromatic N) is 6. The van der Waals surface area contributed by atoms with Gasteiger partial charge in [0, 0.05) is 44.2 Å². The minimum Gasteiger partial charge on any atom is -0.476 e. The minimum atomic E-state index is -0.136. The van der Waals surface area contributed by atoms with E-state index in [1.165, 1.54) is 0 Å². The van der Waals surface area contributed by atoms with Crippen LogP contribution in [0.3, 0.4) is 0 Å². The number of rotatable bonds is 7. The van der Waals surface area contributed by atoms with Crippen molar-refractivity contribution in [1.29, 1.82) is 0 Å². The Hall–Kier alpha value is -2.78. The van der Waals surface area contributed by atoms with Crippen LogP contribution in [0, 0.1) is 0 Å². The second-order valence-corrected chi connectivity index (χ2v) is 7.06. The molecule has 0 aliphatic carbocycles. The SMILES string of the molecule is CN(C)CCOc1cc(-c2noc([C@@H]3CCO[C@H]3c3ccnn3C)n2)ccn1. The van der Waals surface area contributed by atoms with E-state index in [9.17, 15) is 0 Å². The molecule has 0 N–H and O–H groups in total. The number of hydrogen-bond acceptors (Lipinski definition) is 8. The fourth-order valence-corrected chi connectivity index (χ4v) is 3.26. The Morgan fingerprint density at radius 1 is 1.29 bits per heavy atom. The Kier molecular flexibility index (Phi) is 5.36. The molecule has 1 fully saturated rings. The summed E-state index contributed by atoms with van der Waals surface area (Å²) in [4.78, 5) is 10.9. The fraction of sp³-hybridized carbons (Fsp3) is 0.474. The zero-order chi connectivity index (χ0) is 19.5. The summed E-state index contributed by atoms with van der Waals surface area (Å²) in [5, 5.41) is 8.40. The van der Waals surface area contributed by atoms with Crippen LogP contribution in [0.2, 0.25) is 0 Å². The quantitative estimate of drug-likeness (QED) is 0.611. The van der Waals surface area contributed by atoms with Gasteiger partial charge in [0.15, 0.2) is 0 Å². The van der Waals surface area contributed by atoms with Gasteiger partial charge in [-0.25, -0.2) is 4.98 Å². The third-order valence-electron chi connectivity index (χ3n) is 4.78. The number of hydrogen-bond donors (Lipinski definition) is 0. The van der Waals surface area contributed by atoms with Crippen LogP contribution in [0.4, 0.5) is 0 Å². The molecular weight excluding hydrogens is 360 g/mol. The van der Waals surface area contributed by atoms with Crippen LogP contribution in [0.15, 0.2) is 35.1 Å². The van der Waals surface area contributed by atoms with Gasteiger partial charge in [-0.3, -0.25) is 4.68 Å². The summed E-state index contributed by atoms with van der Waals surface area (Å²) < 4.78 is 19.0. The Morgan fingerprint density at radius 2 is 2.18 bits per heavy atom. The van der Waals surface area contributed by atoms with Crippen molar-refractivity contribution in [2.24, 2.45) is 7.05 Å². The molecule has 9 heteroatoms. The highest BCUT2D eigenvalue weighted by Crippen LogP contribution is 2.41. The highest BCUT2D eigenvalue weighted by atomic mass is 16.5. The summed E-state index contributed by atoms with van der Waals surface area (Å²) >= 11 is 0. The van der Waals surface area contributed by atoms with E-state index in [1.807, 2.05) is 44.0 Å². The second-order valence-electron chi connectivity index (χ2n) is 7.06. The van der Waals surface area contributed by atoms with E-state index < -0.39 is 0 Å². The van der Waals surface area contributed by atoms with Crippen molar-refractivity contribution >= 4 is 0 Å². The number of likely N-dealkylation sites (N-methyl/N-ethyl adjacent to an activating group) is 1. The van der Waals surface area contributed by atoms with Crippen molar-refractivity contribution in [2.45, 2.75) is 18.4 Å². The van der Waals surface area contributed by atoms with E-state index in [4.69, 9.17) is 14.0 Å². The van der Waals surface area contributed by atoms with Gasteiger partial charge in [0.05, 0.1) is 11.6 Å². The third kappa shape index (κ3) is 3.90. The Morgan fingerprint density at radius 3 is 2.96 bits per heavy atom. The highest BCUT2D eigenvalue weighted by Gasteiger charge is 2.36. The molecule has 0 amide bonds. The summed E-state index contributed by atoms with van der Waals surface area (Å²) in [5.41, 5.74) is 1.81. The molecule has 1 saturated heterocycles. The van der Waals surface area contributed by atoms with Gasteiger partial charge >= 0.3 is 0 Å². The monoisotopic (exact) mass is 384 g/mol. The number of pyridine rings is 1. The summed E-state index contributed by atoms with van der Waals surface area (Å²) in [5.74, 6) is 1.65. The normalized spacial score (nSPS) is 19.4. The van der Waals surface area contributed by atoms with E-state index in [1.54, 1.807) is 12.4 Å². The van der Waals surface area contributed by atoms with Gasteiger partial charge < -0.3 is 18.9 Å². The van der Waals surface area contributed by atoms with Crippen molar-refractivity contribution in [2.75, 3.05) is 33.9 Å². The lowest BCUT2D eigenvalue weighted by molar-refractivity contribution is 0.0921. The standard InChI is InChI=1S/C19H24N6O3/c1-24(2)9-11-26-16-12-13(4-7-20-16)18-22-19(28-23-18)14-6-10-27-17(14)15-5-8-21-25(15)3/h4-5,7-8,12,14,17H,6,9-11H2,1-3H3/t14-,17-/m1/s1. The maximum atomic E-state index is 5.92. The molecule has 4 rings (SSSR count). The zero-order valence-electron chi connectivity index (χ0n) is 16.3. The van der Waals surface area contributed by atoms with E-state index in [-0.39, 0.29) is 12.0 Å². The van der Waals surface area contributed by atoms with E-state index in [0.717, 1.165) is 24.2 Å². The predicted molar refractivity (Wildman–Crippen MR) is 101 cm³/mol. The fourth-order valence-electron chi connectivity index (χ4n) is 3.26. The van der Waals surface area contributed by atoms with Crippen LogP contribution >= 0.6 is 0 Å². The zero-order valence-corrected chi connectivity index (χ0v) is 16.3. The third-order valence-corrected chi connectivity index (χ3v) is 4.78. The summed E-state index contributed by atoms with van der Waals surface area (Å²) in [6.07, 6.45) is 4.14. The number of ether oxygens (including phenoxy) is 2. The summed E-state index contributed by atoms with van der Waals surface area (Å²) in [7, 11) is 5.90. The molecule has 4 heterocycles. The highest BCUT2D eigenvalue weighted by molar-refractivity contribution is 5.55. The van der Waals surface area contributed by atoms with Crippen molar-refractivity contribution in [3.05, 3.63) is 42.2 Å². The van der Waals surface area contributed by atoms with Crippen LogP contribution in [0.5, 0.6) is 5.88 Å². The predicted octanol–water partition coefficient (Wildman–Crippen LogP) is 2.05. The van der Waals surface area contributed by atoms with Crippen LogP contribution in [-0.4, -0.2) is 63.7 Å². The molecule has 0 aromatic carbocycles. The van der Waals surface area contributed by atoms with Gasteiger partial charge in [0.25, 0.3) is 0 Å². The first kappa shape index (κ1) is 18.6. The number of aryl methyl sites for hydroxylation is 1. The Bertz CT molecular complexity index is 922. The van der Waals surface area contributed by atoms with E-state index in [2.05, 4.69) is 25.1 Å². The molecule has 0 bridgehead atoms. The second kappa shape index (κ2) is 8.07. The van der Waals surface area contributed by atoms with Gasteiger partial charge in [-0.05, 0) is 32.6 Å². The molecule has 148 valence electrons. The molecule has 1 aliphatic rings. The average Bonchev–Trinajstić information content (AvgIpc) is 3.41. The van der Waals surface area contributed by atoms with Gasteiger partial charge in [0.1, 0.15) is 12.7 Å². The van der Waals surface area contributed by atoms with Crippen molar-refractivity contribution in [3.8, 4) is 17.3 Å². The lowest BCUT2D eigenvalue weighted by atomic mass is 9.99. The van der Waals surface area contributed by atoms with Crippen LogP contribution in [-0.2, 0) is 11.8 Å². The average molecular weight is 384 g/mol. The van der Waals surface area contributed by atoms with Crippen molar-refractivity contribution in [1.82, 2.24) is 29.8 Å². The molecular formula is C19H24N6O3. The van der Waals surface area contributed by atoms with Crippen molar-refractivity contribution in [3.63, 3.8) is 0 Å². The molecule has 0 saturated carbocycles. The van der Waals surface area contributed by atoms with Gasteiger partial charge in [-0.2, -0.15) is 10.1 Å². The maximum Gasteiger partial charge on any atom is 0.233 e. The molecule has 0 unspecified atom stereocenters. The van der Waals surface area contributed by atoms with Crippen LogP contribution in [0.25, 0.3) is 11.4 Å². The molecule has 2 atom stereocenters. The minimum absolute atomic E-state index is 0.00861.